The second kappa shape index (κ2) is 42.8. The van der Waals surface area contributed by atoms with Crippen LogP contribution in [-0.2, 0) is 66.9 Å². The van der Waals surface area contributed by atoms with Crippen LogP contribution in [0.15, 0.2) is 72.8 Å². The highest BCUT2D eigenvalue weighted by Crippen LogP contribution is 2.61. The van der Waals surface area contributed by atoms with E-state index in [0.29, 0.717) is 35.5 Å². The summed E-state index contributed by atoms with van der Waals surface area (Å²) >= 11 is 0. The molecule has 0 saturated carbocycles. The van der Waals surface area contributed by atoms with Crippen LogP contribution in [-0.4, -0.2) is 79.3 Å². The Hall–Kier alpha value is -5.70. The molecule has 6 heteroatoms. The van der Waals surface area contributed by atoms with Crippen LogP contribution in [0, 0.1) is 35.5 Å². The van der Waals surface area contributed by atoms with Crippen LogP contribution in [0.3, 0.4) is 0 Å². The van der Waals surface area contributed by atoms with E-state index in [1.54, 1.807) is 0 Å². The van der Waals surface area contributed by atoms with E-state index in [4.69, 9.17) is 28.4 Å². The number of fused-ring (bicyclic) bond motifs is 6. The summed E-state index contributed by atoms with van der Waals surface area (Å²) in [6.07, 6.45) is 41.4. The fourth-order valence-electron chi connectivity index (χ4n) is 20.7. The van der Waals surface area contributed by atoms with E-state index in [1.807, 2.05) is 0 Å². The highest BCUT2D eigenvalue weighted by Gasteiger charge is 2.33. The van der Waals surface area contributed by atoms with Gasteiger partial charge < -0.3 is 28.4 Å². The Kier molecular flexibility index (Phi) is 32.4. The summed E-state index contributed by atoms with van der Waals surface area (Å²) < 4.78 is 40.3. The third-order valence-electron chi connectivity index (χ3n) is 27.8. The maximum absolute atomic E-state index is 6.71. The topological polar surface area (TPSA) is 55.4 Å². The minimum absolute atomic E-state index is 0.623. The van der Waals surface area contributed by atoms with E-state index in [-0.39, 0.29) is 0 Å². The van der Waals surface area contributed by atoms with Crippen molar-refractivity contribution in [1.29, 1.82) is 0 Å². The molecule has 13 aromatic carbocycles. The van der Waals surface area contributed by atoms with E-state index < -0.39 is 0 Å². The number of rotatable bonds is 60. The quantitative estimate of drug-likeness (QED) is 0.0215. The second-order valence-electron chi connectivity index (χ2n) is 36.2. The maximum atomic E-state index is 6.71. The zero-order valence-electron chi connectivity index (χ0n) is 73.8. The van der Waals surface area contributed by atoms with Crippen LogP contribution in [0.2, 0.25) is 0 Å². The van der Waals surface area contributed by atoms with Crippen molar-refractivity contribution in [3.8, 4) is 0 Å². The molecule has 0 heterocycles. The van der Waals surface area contributed by atoms with Gasteiger partial charge in [-0.25, -0.2) is 0 Å². The molecule has 0 spiro atoms. The van der Waals surface area contributed by atoms with Crippen LogP contribution in [0.4, 0.5) is 0 Å². The van der Waals surface area contributed by atoms with Crippen molar-refractivity contribution in [3.63, 3.8) is 0 Å². The number of aryl methyl sites for hydroxylation is 6. The van der Waals surface area contributed by atoms with Crippen LogP contribution in [0.1, 0.15) is 309 Å². The van der Waals surface area contributed by atoms with Gasteiger partial charge in [-0.05, 0) is 314 Å². The summed E-state index contributed by atoms with van der Waals surface area (Å²) in [4.78, 5) is 0. The minimum atomic E-state index is 0.623. The van der Waals surface area contributed by atoms with Gasteiger partial charge in [0.2, 0.25) is 0 Å². The van der Waals surface area contributed by atoms with Gasteiger partial charge in [0.25, 0.3) is 0 Å². The lowest BCUT2D eigenvalue weighted by Crippen LogP contribution is -2.10. The molecule has 6 atom stereocenters. The molecule has 0 amide bonds. The number of unbranched alkanes of at least 4 members (excludes halogenated alkanes) is 6. The molecule has 618 valence electrons. The van der Waals surface area contributed by atoms with Crippen molar-refractivity contribution in [2.75, 3.05) is 79.3 Å². The van der Waals surface area contributed by atoms with Gasteiger partial charge in [-0.15, -0.1) is 0 Å². The zero-order valence-corrected chi connectivity index (χ0v) is 73.8. The van der Waals surface area contributed by atoms with Gasteiger partial charge in [-0.1, -0.05) is 271 Å². The van der Waals surface area contributed by atoms with Crippen molar-refractivity contribution in [3.05, 3.63) is 106 Å². The molecule has 0 saturated heterocycles. The molecule has 13 rings (SSSR count). The Balaban J connectivity index is 1.08. The van der Waals surface area contributed by atoms with Gasteiger partial charge >= 0.3 is 0 Å². The maximum Gasteiger partial charge on any atom is 0.0494 e. The minimum Gasteiger partial charge on any atom is -0.381 e. The first kappa shape index (κ1) is 86.2. The van der Waals surface area contributed by atoms with Gasteiger partial charge in [0.05, 0.1) is 0 Å². The molecule has 0 aromatic heterocycles. The Morgan fingerprint density at radius 2 is 0.307 bits per heavy atom. The van der Waals surface area contributed by atoms with E-state index in [2.05, 4.69) is 156 Å². The molecule has 0 aliphatic carbocycles. The van der Waals surface area contributed by atoms with Crippen LogP contribution < -0.4 is 0 Å². The number of ether oxygens (including phenoxy) is 6. The first-order valence-corrected chi connectivity index (χ1v) is 47.8. The standard InChI is InChI=1S/C108H150O6/c1-13-25-37-73(19-7)67-109-49-31-43-79-55-85-87-57-80(44-32-50-110-68-74(20-8)38-26-14-2)59-89-91-61-82(46-34-52-112-70-76(22-10)40-28-16-4)63-93-95-65-84(48-36-54-114-72-78(24-12)42-30-18-6)66-96-94-64-83(47-35-53-113-71-77(23-11)41-29-17-5)62-92-90-60-81(45-33-51-111-69-75(21-9)39-27-15-3)58-88-86(56-79)97(85)103-104(98(87)89)106(100(91)93)108(102(95)96)107(101(92)94)105(103)99(88)90/h55-66,73-78H,13-54,67-72H2,1-12H3. The Labute approximate surface area is 688 Å². The predicted molar refractivity (Wildman–Crippen MR) is 498 cm³/mol. The summed E-state index contributed by atoms with van der Waals surface area (Å²) in [6.45, 7) is 37.9. The number of hydrogen-bond donors (Lipinski definition) is 0. The lowest BCUT2D eigenvalue weighted by Gasteiger charge is -2.30. The molecule has 114 heavy (non-hydrogen) atoms. The van der Waals surface area contributed by atoms with Gasteiger partial charge in [0, 0.05) is 79.3 Å². The smallest absolute Gasteiger partial charge is 0.0494 e. The normalized spacial score (nSPS) is 14.4. The fraction of sp³-hybridized carbons (Fsp3) is 0.611. The molecule has 6 nitrogen and oxygen atoms in total. The molecule has 0 fully saturated rings. The summed E-state index contributed by atoms with van der Waals surface area (Å²) in [7, 11) is 0. The summed E-state index contributed by atoms with van der Waals surface area (Å²) in [5.41, 5.74) is 8.55. The van der Waals surface area contributed by atoms with Gasteiger partial charge in [-0.2, -0.15) is 0 Å². The average molecular weight is 1540 g/mol. The highest BCUT2D eigenvalue weighted by atomic mass is 16.5. The monoisotopic (exact) mass is 1540 g/mol. The highest BCUT2D eigenvalue weighted by molar-refractivity contribution is 6.61. The fourth-order valence-corrected chi connectivity index (χ4v) is 20.7. The van der Waals surface area contributed by atoms with E-state index >= 15 is 0 Å². The third kappa shape index (κ3) is 19.4. The van der Waals surface area contributed by atoms with Crippen molar-refractivity contribution >= 4 is 129 Å². The lowest BCUT2D eigenvalue weighted by atomic mass is 9.72. The van der Waals surface area contributed by atoms with E-state index in [1.165, 1.54) is 317 Å². The zero-order chi connectivity index (χ0) is 79.5. The SMILES string of the molecule is CCCCC(CC)COCCCc1cc2c3cc(CCCOCC(CC)CCCC)cc4c5cc(CCCOCC(CC)CCCC)cc6c7cc(CCCOCC(CC)CCCC)cc8c9cc(CCCOCC(CC)CCCC)cc%10c%11cc(CCCOCC(CC)CCCC)cc%12c(c1)c2c1c(c34)c(c56)c(c78)c(c%109)c1c%12%11. The van der Waals surface area contributed by atoms with Gasteiger partial charge in [-0.3, -0.25) is 0 Å². The molecule has 6 unspecified atom stereocenters. The molecular weight excluding hydrogens is 1390 g/mol. The first-order valence-electron chi connectivity index (χ1n) is 47.8. The first-order chi connectivity index (χ1) is 56.1. The van der Waals surface area contributed by atoms with E-state index in [9.17, 15) is 0 Å². The largest absolute Gasteiger partial charge is 0.381 e. The van der Waals surface area contributed by atoms with Crippen LogP contribution in [0.5, 0.6) is 0 Å². The molecule has 0 aliphatic heterocycles. The van der Waals surface area contributed by atoms with Crippen molar-refractivity contribution in [2.24, 2.45) is 35.5 Å². The Bertz CT molecular complexity index is 4000. The van der Waals surface area contributed by atoms with E-state index in [0.717, 1.165) is 156 Å². The number of hydrogen-bond acceptors (Lipinski definition) is 6. The molecular formula is C108H150O6. The van der Waals surface area contributed by atoms with Gasteiger partial charge in [0.1, 0.15) is 0 Å². The Morgan fingerprint density at radius 1 is 0.175 bits per heavy atom. The van der Waals surface area contributed by atoms with Crippen LogP contribution in [0.25, 0.3) is 129 Å². The summed E-state index contributed by atoms with van der Waals surface area (Å²) in [5, 5.41) is 34.8. The van der Waals surface area contributed by atoms with Crippen molar-refractivity contribution < 1.29 is 28.4 Å². The lowest BCUT2D eigenvalue weighted by molar-refractivity contribution is 0.0922. The van der Waals surface area contributed by atoms with Crippen molar-refractivity contribution in [1.82, 2.24) is 0 Å². The third-order valence-corrected chi connectivity index (χ3v) is 27.8. The average Bonchev–Trinajstić information content (AvgIpc) is 0.642. The molecule has 0 aliphatic rings. The molecule has 0 N–H and O–H groups in total. The molecule has 0 bridgehead atoms. The summed E-state index contributed by atoms with van der Waals surface area (Å²) in [6, 6.07) is 32.3. The predicted octanol–water partition coefficient (Wildman–Crippen LogP) is 31.1. The van der Waals surface area contributed by atoms with Crippen LogP contribution >= 0.6 is 0 Å². The second-order valence-corrected chi connectivity index (χ2v) is 36.2. The molecule has 13 aromatic rings. The summed E-state index contributed by atoms with van der Waals surface area (Å²) in [5.74, 6) is 3.74. The number of benzene rings is 13. The Morgan fingerprint density at radius 3 is 0.421 bits per heavy atom. The van der Waals surface area contributed by atoms with Crippen molar-refractivity contribution in [2.45, 2.75) is 314 Å². The molecule has 0 radical (unpaired) electrons. The van der Waals surface area contributed by atoms with Gasteiger partial charge in [0.15, 0.2) is 0 Å².